The molecule has 1 atom stereocenters. The summed E-state index contributed by atoms with van der Waals surface area (Å²) in [5.41, 5.74) is 0.564. The van der Waals surface area contributed by atoms with Gasteiger partial charge in [0.2, 0.25) is 0 Å². The van der Waals surface area contributed by atoms with Crippen LogP contribution in [-0.2, 0) is 0 Å². The van der Waals surface area contributed by atoms with Crippen molar-refractivity contribution < 1.29 is 0 Å². The van der Waals surface area contributed by atoms with Crippen molar-refractivity contribution in [2.24, 2.45) is 0 Å². The SMILES string of the molecule is CCC1(C)CN(C)CC(C)(C)N1. The molecule has 1 rings (SSSR count). The average Bonchev–Trinajstić information content (AvgIpc) is 1.82. The minimum absolute atomic E-state index is 0.262. The van der Waals surface area contributed by atoms with E-state index in [1.54, 1.807) is 0 Å². The molecule has 0 aromatic carbocycles. The van der Waals surface area contributed by atoms with Crippen LogP contribution in [-0.4, -0.2) is 36.1 Å². The Labute approximate surface area is 76.3 Å². The van der Waals surface area contributed by atoms with Crippen molar-refractivity contribution in [2.75, 3.05) is 20.1 Å². The predicted octanol–water partition coefficient (Wildman–Crippen LogP) is 1.47. The molecule has 1 unspecified atom stereocenters. The summed E-state index contributed by atoms with van der Waals surface area (Å²) in [5.74, 6) is 0. The first kappa shape index (κ1) is 10.0. The van der Waals surface area contributed by atoms with Gasteiger partial charge in [0.05, 0.1) is 0 Å². The highest BCUT2D eigenvalue weighted by Gasteiger charge is 2.36. The maximum atomic E-state index is 3.71. The molecule has 1 fully saturated rings. The normalized spacial score (nSPS) is 36.8. The van der Waals surface area contributed by atoms with Crippen LogP contribution in [0.15, 0.2) is 0 Å². The highest BCUT2D eigenvalue weighted by atomic mass is 15.2. The van der Waals surface area contributed by atoms with E-state index in [0.29, 0.717) is 5.54 Å². The summed E-state index contributed by atoms with van der Waals surface area (Å²) >= 11 is 0. The van der Waals surface area contributed by atoms with Gasteiger partial charge in [-0.1, -0.05) is 6.92 Å². The van der Waals surface area contributed by atoms with Gasteiger partial charge in [-0.2, -0.15) is 0 Å². The van der Waals surface area contributed by atoms with Crippen LogP contribution in [0, 0.1) is 0 Å². The van der Waals surface area contributed by atoms with Crippen molar-refractivity contribution in [2.45, 2.75) is 45.2 Å². The fourth-order valence-corrected chi connectivity index (χ4v) is 2.42. The largest absolute Gasteiger partial charge is 0.304 e. The molecule has 1 N–H and O–H groups in total. The van der Waals surface area contributed by atoms with Crippen LogP contribution in [0.3, 0.4) is 0 Å². The molecule has 1 heterocycles. The lowest BCUT2D eigenvalue weighted by atomic mass is 9.88. The molecule has 12 heavy (non-hydrogen) atoms. The van der Waals surface area contributed by atoms with Crippen molar-refractivity contribution in [3.63, 3.8) is 0 Å². The molecule has 72 valence electrons. The quantitative estimate of drug-likeness (QED) is 0.641. The molecule has 2 nitrogen and oxygen atoms in total. The number of piperazine rings is 1. The first-order chi connectivity index (χ1) is 5.37. The number of nitrogens with one attached hydrogen (secondary N) is 1. The van der Waals surface area contributed by atoms with Crippen molar-refractivity contribution in [3.8, 4) is 0 Å². The Bertz CT molecular complexity index is 165. The van der Waals surface area contributed by atoms with Gasteiger partial charge in [0, 0.05) is 24.2 Å². The van der Waals surface area contributed by atoms with Gasteiger partial charge in [-0.3, -0.25) is 0 Å². The Hall–Kier alpha value is -0.0800. The van der Waals surface area contributed by atoms with E-state index in [0.717, 1.165) is 13.1 Å². The van der Waals surface area contributed by atoms with E-state index < -0.39 is 0 Å². The molecular weight excluding hydrogens is 148 g/mol. The molecule has 1 aliphatic rings. The molecule has 0 spiro atoms. The van der Waals surface area contributed by atoms with Crippen LogP contribution in [0.1, 0.15) is 34.1 Å². The summed E-state index contributed by atoms with van der Waals surface area (Å²) < 4.78 is 0. The van der Waals surface area contributed by atoms with Crippen molar-refractivity contribution in [3.05, 3.63) is 0 Å². The van der Waals surface area contributed by atoms with Gasteiger partial charge >= 0.3 is 0 Å². The van der Waals surface area contributed by atoms with E-state index in [1.807, 2.05) is 0 Å². The van der Waals surface area contributed by atoms with Crippen molar-refractivity contribution >= 4 is 0 Å². The second-order valence-corrected chi connectivity index (χ2v) is 5.10. The maximum absolute atomic E-state index is 3.71. The third-order valence-electron chi connectivity index (χ3n) is 2.70. The van der Waals surface area contributed by atoms with E-state index in [9.17, 15) is 0 Å². The van der Waals surface area contributed by atoms with Gasteiger partial charge in [0.25, 0.3) is 0 Å². The Morgan fingerprint density at radius 2 is 1.83 bits per heavy atom. The number of likely N-dealkylation sites (N-methyl/N-ethyl adjacent to an activating group) is 1. The molecule has 2 heteroatoms. The highest BCUT2D eigenvalue weighted by Crippen LogP contribution is 2.22. The lowest BCUT2D eigenvalue weighted by Crippen LogP contribution is -2.66. The summed E-state index contributed by atoms with van der Waals surface area (Å²) in [7, 11) is 2.20. The van der Waals surface area contributed by atoms with E-state index in [2.05, 4.69) is 45.0 Å². The number of hydrogen-bond acceptors (Lipinski definition) is 2. The van der Waals surface area contributed by atoms with Gasteiger partial charge in [0.15, 0.2) is 0 Å². The van der Waals surface area contributed by atoms with Crippen LogP contribution in [0.2, 0.25) is 0 Å². The molecular formula is C10H22N2. The van der Waals surface area contributed by atoms with Crippen LogP contribution in [0.25, 0.3) is 0 Å². The molecule has 1 aliphatic heterocycles. The Kier molecular flexibility index (Phi) is 2.50. The number of nitrogens with zero attached hydrogens (tertiary/aromatic N) is 1. The van der Waals surface area contributed by atoms with Gasteiger partial charge in [-0.05, 0) is 34.2 Å². The molecule has 0 radical (unpaired) electrons. The molecule has 1 saturated heterocycles. The number of rotatable bonds is 1. The minimum Gasteiger partial charge on any atom is -0.304 e. The predicted molar refractivity (Wildman–Crippen MR) is 53.4 cm³/mol. The minimum atomic E-state index is 0.262. The number of hydrogen-bond donors (Lipinski definition) is 1. The van der Waals surface area contributed by atoms with Crippen LogP contribution >= 0.6 is 0 Å². The Morgan fingerprint density at radius 3 is 2.25 bits per heavy atom. The monoisotopic (exact) mass is 170 g/mol. The van der Waals surface area contributed by atoms with Crippen LogP contribution in [0.5, 0.6) is 0 Å². The first-order valence-electron chi connectivity index (χ1n) is 4.85. The van der Waals surface area contributed by atoms with E-state index in [1.165, 1.54) is 6.42 Å². The highest BCUT2D eigenvalue weighted by molar-refractivity contribution is 4.98. The van der Waals surface area contributed by atoms with Crippen molar-refractivity contribution in [1.82, 2.24) is 10.2 Å². The summed E-state index contributed by atoms with van der Waals surface area (Å²) in [5, 5.41) is 3.71. The summed E-state index contributed by atoms with van der Waals surface area (Å²) in [6, 6.07) is 0. The smallest absolute Gasteiger partial charge is 0.0283 e. The standard InChI is InChI=1S/C10H22N2/c1-6-10(4)8-12(5)7-9(2,3)11-10/h11H,6-8H2,1-5H3. The van der Waals surface area contributed by atoms with Gasteiger partial charge in [-0.15, -0.1) is 0 Å². The lowest BCUT2D eigenvalue weighted by Gasteiger charge is -2.48. The van der Waals surface area contributed by atoms with E-state index >= 15 is 0 Å². The fraction of sp³-hybridized carbons (Fsp3) is 1.00. The Balaban J connectivity index is 2.70. The van der Waals surface area contributed by atoms with Gasteiger partial charge < -0.3 is 10.2 Å². The summed E-state index contributed by atoms with van der Waals surface area (Å²) in [4.78, 5) is 2.42. The topological polar surface area (TPSA) is 15.3 Å². The van der Waals surface area contributed by atoms with Crippen LogP contribution < -0.4 is 5.32 Å². The molecule has 0 bridgehead atoms. The fourth-order valence-electron chi connectivity index (χ4n) is 2.42. The zero-order valence-corrected chi connectivity index (χ0v) is 9.07. The summed E-state index contributed by atoms with van der Waals surface area (Å²) in [6.45, 7) is 11.4. The summed E-state index contributed by atoms with van der Waals surface area (Å²) in [6.07, 6.45) is 1.20. The van der Waals surface area contributed by atoms with Gasteiger partial charge in [0.1, 0.15) is 0 Å². The Morgan fingerprint density at radius 1 is 1.25 bits per heavy atom. The van der Waals surface area contributed by atoms with Crippen molar-refractivity contribution in [1.29, 1.82) is 0 Å². The van der Waals surface area contributed by atoms with Gasteiger partial charge in [-0.25, -0.2) is 0 Å². The molecule has 0 amide bonds. The molecule has 0 aromatic rings. The maximum Gasteiger partial charge on any atom is 0.0283 e. The second kappa shape index (κ2) is 3.00. The zero-order valence-electron chi connectivity index (χ0n) is 9.07. The lowest BCUT2D eigenvalue weighted by molar-refractivity contribution is 0.0854. The molecule has 0 aromatic heterocycles. The first-order valence-corrected chi connectivity index (χ1v) is 4.85. The third-order valence-corrected chi connectivity index (χ3v) is 2.70. The second-order valence-electron chi connectivity index (χ2n) is 5.10. The van der Waals surface area contributed by atoms with E-state index in [-0.39, 0.29) is 5.54 Å². The van der Waals surface area contributed by atoms with Crippen LogP contribution in [0.4, 0.5) is 0 Å². The third kappa shape index (κ3) is 2.20. The molecule has 0 saturated carbocycles. The van der Waals surface area contributed by atoms with E-state index in [4.69, 9.17) is 0 Å². The zero-order chi connectivity index (χ0) is 9.41. The average molecular weight is 170 g/mol. The molecule has 0 aliphatic carbocycles.